The van der Waals surface area contributed by atoms with Crippen LogP contribution in [0.15, 0.2) is 65.8 Å². The molecule has 5 nitrogen and oxygen atoms in total. The molecule has 0 bridgehead atoms. The van der Waals surface area contributed by atoms with Crippen LogP contribution in [0.25, 0.3) is 11.8 Å². The Bertz CT molecular complexity index is 808. The molecule has 0 saturated heterocycles. The Morgan fingerprint density at radius 2 is 2.30 bits per heavy atom. The third kappa shape index (κ3) is 3.74. The maximum absolute atomic E-state index is 14.1. The quantitative estimate of drug-likeness (QED) is 0.737. The van der Waals surface area contributed by atoms with E-state index in [4.69, 9.17) is 4.42 Å². The second kappa shape index (κ2) is 6.74. The first-order valence-corrected chi connectivity index (χ1v) is 6.98. The minimum absolute atomic E-state index is 0.239. The second-order valence-electron chi connectivity index (χ2n) is 4.82. The number of carbonyl (C=O) groups is 1. The molecule has 0 unspecified atom stereocenters. The average Bonchev–Trinajstić information content (AvgIpc) is 3.24. The van der Waals surface area contributed by atoms with E-state index in [1.807, 2.05) is 0 Å². The number of furan rings is 1. The van der Waals surface area contributed by atoms with Crippen LogP contribution in [0.5, 0.6) is 0 Å². The van der Waals surface area contributed by atoms with Crippen molar-refractivity contribution in [3.05, 3.63) is 78.5 Å². The molecule has 2 heterocycles. The molecule has 0 aliphatic heterocycles. The summed E-state index contributed by atoms with van der Waals surface area (Å²) in [6.07, 6.45) is 9.24. The molecule has 0 aliphatic rings. The van der Waals surface area contributed by atoms with Gasteiger partial charge in [-0.25, -0.2) is 9.37 Å². The Labute approximate surface area is 132 Å². The van der Waals surface area contributed by atoms with Crippen molar-refractivity contribution in [3.63, 3.8) is 0 Å². The predicted molar refractivity (Wildman–Crippen MR) is 83.1 cm³/mol. The lowest BCUT2D eigenvalue weighted by atomic mass is 10.2. The number of rotatable bonds is 5. The van der Waals surface area contributed by atoms with E-state index in [0.717, 1.165) is 0 Å². The van der Waals surface area contributed by atoms with Gasteiger partial charge >= 0.3 is 0 Å². The zero-order chi connectivity index (χ0) is 16.1. The van der Waals surface area contributed by atoms with Gasteiger partial charge in [0.15, 0.2) is 0 Å². The third-order valence-corrected chi connectivity index (χ3v) is 3.20. The zero-order valence-corrected chi connectivity index (χ0v) is 12.1. The van der Waals surface area contributed by atoms with E-state index in [9.17, 15) is 9.18 Å². The van der Waals surface area contributed by atoms with Crippen LogP contribution in [0.4, 0.5) is 4.39 Å². The minimum Gasteiger partial charge on any atom is -0.465 e. The molecule has 23 heavy (non-hydrogen) atoms. The lowest BCUT2D eigenvalue weighted by Gasteiger charge is -2.07. The van der Waals surface area contributed by atoms with Crippen molar-refractivity contribution < 1.29 is 13.6 Å². The fraction of sp³-hybridized carbons (Fsp3) is 0.0588. The summed E-state index contributed by atoms with van der Waals surface area (Å²) < 4.78 is 20.8. The number of nitrogens with one attached hydrogen (secondary N) is 1. The summed E-state index contributed by atoms with van der Waals surface area (Å²) in [6.45, 7) is 0.239. The maximum Gasteiger partial charge on any atom is 0.244 e. The Balaban J connectivity index is 1.60. The summed E-state index contributed by atoms with van der Waals surface area (Å²) in [6, 6.07) is 8.29. The molecule has 0 aliphatic carbocycles. The topological polar surface area (TPSA) is 60.1 Å². The van der Waals surface area contributed by atoms with Crippen LogP contribution in [0.1, 0.15) is 11.3 Å². The standard InChI is InChI=1S/C17H14FN3O2/c18-15-10-13(3-5-16(15)21-8-7-19-12-21)11-20-17(22)6-4-14-2-1-9-23-14/h1-10,12H,11H2,(H,20,22). The first-order chi connectivity index (χ1) is 11.2. The van der Waals surface area contributed by atoms with Crippen LogP contribution in [0.2, 0.25) is 0 Å². The Morgan fingerprint density at radius 1 is 1.39 bits per heavy atom. The molecule has 0 atom stereocenters. The van der Waals surface area contributed by atoms with Gasteiger partial charge in [0.25, 0.3) is 0 Å². The third-order valence-electron chi connectivity index (χ3n) is 3.20. The van der Waals surface area contributed by atoms with E-state index in [2.05, 4.69) is 10.3 Å². The first kappa shape index (κ1) is 14.8. The van der Waals surface area contributed by atoms with Gasteiger partial charge < -0.3 is 14.3 Å². The molecule has 6 heteroatoms. The van der Waals surface area contributed by atoms with Crippen LogP contribution in [0.3, 0.4) is 0 Å². The summed E-state index contributed by atoms with van der Waals surface area (Å²) in [5.74, 6) is -0.0581. The lowest BCUT2D eigenvalue weighted by Crippen LogP contribution is -2.20. The number of halogens is 1. The van der Waals surface area contributed by atoms with Gasteiger partial charge in [0.2, 0.25) is 5.91 Å². The van der Waals surface area contributed by atoms with Crippen LogP contribution >= 0.6 is 0 Å². The summed E-state index contributed by atoms with van der Waals surface area (Å²) in [7, 11) is 0. The van der Waals surface area contributed by atoms with Crippen molar-refractivity contribution in [2.24, 2.45) is 0 Å². The number of carbonyl (C=O) groups excluding carboxylic acids is 1. The Hall–Kier alpha value is -3.15. The monoisotopic (exact) mass is 311 g/mol. The zero-order valence-electron chi connectivity index (χ0n) is 12.1. The largest absolute Gasteiger partial charge is 0.465 e. The highest BCUT2D eigenvalue weighted by Crippen LogP contribution is 2.14. The molecule has 0 spiro atoms. The summed E-state index contributed by atoms with van der Waals surface area (Å²) in [5, 5.41) is 2.69. The van der Waals surface area contributed by atoms with Crippen molar-refractivity contribution in [2.75, 3.05) is 0 Å². The van der Waals surface area contributed by atoms with Gasteiger partial charge in [-0.2, -0.15) is 0 Å². The van der Waals surface area contributed by atoms with Crippen molar-refractivity contribution in [1.82, 2.24) is 14.9 Å². The van der Waals surface area contributed by atoms with Crippen LogP contribution < -0.4 is 5.32 Å². The smallest absolute Gasteiger partial charge is 0.244 e. The van der Waals surface area contributed by atoms with Crippen LogP contribution in [-0.2, 0) is 11.3 Å². The van der Waals surface area contributed by atoms with Gasteiger partial charge in [-0.05, 0) is 35.9 Å². The molecule has 3 rings (SSSR count). The number of nitrogens with zero attached hydrogens (tertiary/aromatic N) is 2. The van der Waals surface area contributed by atoms with Crippen LogP contribution in [-0.4, -0.2) is 15.5 Å². The van der Waals surface area contributed by atoms with Gasteiger partial charge in [-0.3, -0.25) is 4.79 Å². The molecular weight excluding hydrogens is 297 g/mol. The van der Waals surface area contributed by atoms with E-state index in [1.54, 1.807) is 47.3 Å². The van der Waals surface area contributed by atoms with Gasteiger partial charge in [-0.15, -0.1) is 0 Å². The minimum atomic E-state index is -0.374. The molecule has 3 aromatic rings. The van der Waals surface area contributed by atoms with Crippen molar-refractivity contribution >= 4 is 12.0 Å². The maximum atomic E-state index is 14.1. The summed E-state index contributed by atoms with van der Waals surface area (Å²) >= 11 is 0. The fourth-order valence-electron chi connectivity index (χ4n) is 2.06. The van der Waals surface area contributed by atoms with Gasteiger partial charge in [0.1, 0.15) is 11.6 Å². The normalized spacial score (nSPS) is 11.0. The predicted octanol–water partition coefficient (Wildman–Crippen LogP) is 2.93. The summed E-state index contributed by atoms with van der Waals surface area (Å²) in [4.78, 5) is 15.6. The van der Waals surface area contributed by atoms with Crippen molar-refractivity contribution in [1.29, 1.82) is 0 Å². The van der Waals surface area contributed by atoms with E-state index < -0.39 is 0 Å². The molecule has 0 fully saturated rings. The van der Waals surface area contributed by atoms with Crippen molar-refractivity contribution in [3.8, 4) is 5.69 Å². The number of imidazole rings is 1. The van der Waals surface area contributed by atoms with E-state index >= 15 is 0 Å². The number of benzene rings is 1. The Morgan fingerprint density at radius 3 is 3.00 bits per heavy atom. The Kier molecular flexibility index (Phi) is 4.33. The highest BCUT2D eigenvalue weighted by Gasteiger charge is 2.06. The number of hydrogen-bond acceptors (Lipinski definition) is 3. The molecule has 1 N–H and O–H groups in total. The molecule has 0 radical (unpaired) electrons. The molecule has 2 aromatic heterocycles. The van der Waals surface area contributed by atoms with Gasteiger partial charge in [0.05, 0.1) is 18.3 Å². The molecule has 116 valence electrons. The van der Waals surface area contributed by atoms with E-state index in [-0.39, 0.29) is 18.3 Å². The molecule has 1 aromatic carbocycles. The molecule has 0 saturated carbocycles. The first-order valence-electron chi connectivity index (χ1n) is 6.98. The molecular formula is C17H14FN3O2. The lowest BCUT2D eigenvalue weighted by molar-refractivity contribution is -0.116. The SMILES string of the molecule is O=C(C=Cc1ccco1)NCc1ccc(-n2ccnc2)c(F)c1. The number of amides is 1. The highest BCUT2D eigenvalue weighted by atomic mass is 19.1. The van der Waals surface area contributed by atoms with E-state index in [1.165, 1.54) is 24.7 Å². The van der Waals surface area contributed by atoms with Crippen LogP contribution in [0, 0.1) is 5.82 Å². The second-order valence-corrected chi connectivity index (χ2v) is 4.82. The van der Waals surface area contributed by atoms with E-state index in [0.29, 0.717) is 17.0 Å². The average molecular weight is 311 g/mol. The van der Waals surface area contributed by atoms with Gasteiger partial charge in [0, 0.05) is 25.0 Å². The highest BCUT2D eigenvalue weighted by molar-refractivity contribution is 5.91. The van der Waals surface area contributed by atoms with Gasteiger partial charge in [-0.1, -0.05) is 6.07 Å². The fourth-order valence-corrected chi connectivity index (χ4v) is 2.06. The van der Waals surface area contributed by atoms with Crippen molar-refractivity contribution in [2.45, 2.75) is 6.54 Å². The number of aromatic nitrogens is 2. The molecule has 1 amide bonds. The number of hydrogen-bond donors (Lipinski definition) is 1. The summed E-state index contributed by atoms with van der Waals surface area (Å²) in [5.41, 5.74) is 1.08.